The molecular formula is C18H20N2O6. The van der Waals surface area contributed by atoms with Crippen molar-refractivity contribution in [2.45, 2.75) is 26.7 Å². The standard InChI is InChI=1S/C18H20N2O6/c1-4-25-17(21)14-10-19-11(3)15(18(22)26-5-2)16(14)12-7-6-8-13(9-12)20(23)24/h6-10,14,16H,4-5H2,1-3H3. The van der Waals surface area contributed by atoms with Crippen LogP contribution in [0, 0.1) is 16.0 Å². The van der Waals surface area contributed by atoms with Crippen molar-refractivity contribution in [2.75, 3.05) is 13.2 Å². The van der Waals surface area contributed by atoms with Crippen LogP contribution in [-0.4, -0.2) is 36.3 Å². The first-order valence-corrected chi connectivity index (χ1v) is 8.23. The Morgan fingerprint density at radius 2 is 1.92 bits per heavy atom. The average Bonchev–Trinajstić information content (AvgIpc) is 2.61. The minimum Gasteiger partial charge on any atom is -0.465 e. The van der Waals surface area contributed by atoms with E-state index in [1.54, 1.807) is 26.8 Å². The lowest BCUT2D eigenvalue weighted by Crippen LogP contribution is -2.32. The van der Waals surface area contributed by atoms with Crippen LogP contribution in [-0.2, 0) is 19.1 Å². The average molecular weight is 360 g/mol. The van der Waals surface area contributed by atoms with Crippen LogP contribution in [0.15, 0.2) is 40.5 Å². The van der Waals surface area contributed by atoms with E-state index in [2.05, 4.69) is 4.99 Å². The number of non-ortho nitro benzene ring substituents is 1. The van der Waals surface area contributed by atoms with Gasteiger partial charge in [0.2, 0.25) is 0 Å². The first kappa shape index (κ1) is 19.3. The Morgan fingerprint density at radius 1 is 1.23 bits per heavy atom. The van der Waals surface area contributed by atoms with Crippen LogP contribution in [0.1, 0.15) is 32.3 Å². The summed E-state index contributed by atoms with van der Waals surface area (Å²) in [6.07, 6.45) is 1.42. The van der Waals surface area contributed by atoms with Gasteiger partial charge in [0.1, 0.15) is 5.92 Å². The van der Waals surface area contributed by atoms with Gasteiger partial charge in [-0.15, -0.1) is 0 Å². The molecule has 0 radical (unpaired) electrons. The van der Waals surface area contributed by atoms with Gasteiger partial charge in [0.25, 0.3) is 5.69 Å². The second kappa shape index (κ2) is 8.37. The van der Waals surface area contributed by atoms with E-state index in [-0.39, 0.29) is 24.5 Å². The molecule has 0 spiro atoms. The van der Waals surface area contributed by atoms with Crippen molar-refractivity contribution in [1.29, 1.82) is 0 Å². The number of rotatable bonds is 6. The van der Waals surface area contributed by atoms with Gasteiger partial charge in [-0.2, -0.15) is 0 Å². The van der Waals surface area contributed by atoms with Gasteiger partial charge in [-0.25, -0.2) is 4.79 Å². The van der Waals surface area contributed by atoms with Crippen LogP contribution in [0.25, 0.3) is 0 Å². The van der Waals surface area contributed by atoms with Crippen LogP contribution in [0.2, 0.25) is 0 Å². The summed E-state index contributed by atoms with van der Waals surface area (Å²) in [6, 6.07) is 5.85. The van der Waals surface area contributed by atoms with Crippen LogP contribution in [0.5, 0.6) is 0 Å². The van der Waals surface area contributed by atoms with Crippen LogP contribution in [0.4, 0.5) is 5.69 Å². The molecule has 0 fully saturated rings. The molecule has 0 aliphatic carbocycles. The number of hydrogen-bond acceptors (Lipinski definition) is 7. The predicted octanol–water partition coefficient (Wildman–Crippen LogP) is 2.78. The van der Waals surface area contributed by atoms with E-state index in [0.717, 1.165) is 0 Å². The van der Waals surface area contributed by atoms with Crippen molar-refractivity contribution >= 4 is 23.8 Å². The molecular weight excluding hydrogens is 340 g/mol. The van der Waals surface area contributed by atoms with Gasteiger partial charge < -0.3 is 9.47 Å². The number of carbonyl (C=O) groups excluding carboxylic acids is 2. The zero-order chi connectivity index (χ0) is 19.3. The normalized spacial score (nSPS) is 19.2. The van der Waals surface area contributed by atoms with Crippen LogP contribution < -0.4 is 0 Å². The van der Waals surface area contributed by atoms with Crippen molar-refractivity contribution < 1.29 is 24.0 Å². The van der Waals surface area contributed by atoms with Gasteiger partial charge in [0, 0.05) is 30.0 Å². The zero-order valence-corrected chi connectivity index (χ0v) is 14.8. The van der Waals surface area contributed by atoms with Gasteiger partial charge in [-0.3, -0.25) is 19.9 Å². The highest BCUT2D eigenvalue weighted by atomic mass is 16.6. The van der Waals surface area contributed by atoms with Crippen molar-refractivity contribution in [2.24, 2.45) is 10.9 Å². The Bertz CT molecular complexity index is 784. The minimum absolute atomic E-state index is 0.131. The fourth-order valence-corrected chi connectivity index (χ4v) is 2.88. The molecule has 2 atom stereocenters. The van der Waals surface area contributed by atoms with E-state index in [4.69, 9.17) is 9.47 Å². The van der Waals surface area contributed by atoms with Gasteiger partial charge in [-0.05, 0) is 26.3 Å². The molecule has 0 N–H and O–H groups in total. The summed E-state index contributed by atoms with van der Waals surface area (Å²) in [5, 5.41) is 11.1. The smallest absolute Gasteiger partial charge is 0.336 e. The number of esters is 2. The SMILES string of the molecule is CCOC(=O)C1=C(C)N=CC(C(=O)OCC)C1c1cccc([N+](=O)[O-])c1. The van der Waals surface area contributed by atoms with Gasteiger partial charge in [0.15, 0.2) is 0 Å². The number of hydrogen-bond donors (Lipinski definition) is 0. The third-order valence-electron chi connectivity index (χ3n) is 3.98. The molecule has 8 heteroatoms. The molecule has 8 nitrogen and oxygen atoms in total. The highest BCUT2D eigenvalue weighted by Crippen LogP contribution is 2.39. The maximum atomic E-state index is 12.5. The Morgan fingerprint density at radius 3 is 2.54 bits per heavy atom. The summed E-state index contributed by atoms with van der Waals surface area (Å²) >= 11 is 0. The molecule has 1 aromatic rings. The molecule has 138 valence electrons. The van der Waals surface area contributed by atoms with E-state index in [9.17, 15) is 19.7 Å². The van der Waals surface area contributed by atoms with Crippen molar-refractivity contribution in [3.8, 4) is 0 Å². The summed E-state index contributed by atoms with van der Waals surface area (Å²) in [5.74, 6) is -2.81. The number of nitro benzene ring substituents is 1. The fourth-order valence-electron chi connectivity index (χ4n) is 2.88. The monoisotopic (exact) mass is 360 g/mol. The Labute approximate surface area is 150 Å². The number of aliphatic imine (C=N–C) groups is 1. The maximum absolute atomic E-state index is 12.5. The van der Waals surface area contributed by atoms with Gasteiger partial charge >= 0.3 is 11.9 Å². The Kier molecular flexibility index (Phi) is 6.21. The molecule has 1 aliphatic heterocycles. The number of benzene rings is 1. The lowest BCUT2D eigenvalue weighted by atomic mass is 9.78. The first-order chi connectivity index (χ1) is 12.4. The summed E-state index contributed by atoms with van der Waals surface area (Å²) in [4.78, 5) is 39.7. The second-order valence-corrected chi connectivity index (χ2v) is 5.61. The molecule has 2 unspecified atom stereocenters. The quantitative estimate of drug-likeness (QED) is 0.438. The number of carbonyl (C=O) groups is 2. The highest BCUT2D eigenvalue weighted by Gasteiger charge is 2.39. The molecule has 0 aromatic heterocycles. The molecule has 1 aromatic carbocycles. The minimum atomic E-state index is -0.875. The van der Waals surface area contributed by atoms with E-state index in [1.807, 2.05) is 0 Å². The summed E-state index contributed by atoms with van der Waals surface area (Å²) in [5.41, 5.74) is 0.924. The lowest BCUT2D eigenvalue weighted by Gasteiger charge is -2.28. The topological polar surface area (TPSA) is 108 Å². The van der Waals surface area contributed by atoms with Crippen molar-refractivity contribution in [3.05, 3.63) is 51.2 Å². The first-order valence-electron chi connectivity index (χ1n) is 8.23. The van der Waals surface area contributed by atoms with E-state index >= 15 is 0 Å². The fraction of sp³-hybridized carbons (Fsp3) is 0.389. The molecule has 2 rings (SSSR count). The molecule has 1 aliphatic rings. The Balaban J connectivity index is 2.59. The molecule has 0 bridgehead atoms. The summed E-state index contributed by atoms with van der Waals surface area (Å²) < 4.78 is 10.2. The third kappa shape index (κ3) is 3.96. The molecule has 0 saturated carbocycles. The van der Waals surface area contributed by atoms with E-state index in [0.29, 0.717) is 11.3 Å². The maximum Gasteiger partial charge on any atom is 0.336 e. The van der Waals surface area contributed by atoms with Crippen LogP contribution in [0.3, 0.4) is 0 Å². The van der Waals surface area contributed by atoms with Crippen LogP contribution >= 0.6 is 0 Å². The third-order valence-corrected chi connectivity index (χ3v) is 3.98. The molecule has 26 heavy (non-hydrogen) atoms. The summed E-state index contributed by atoms with van der Waals surface area (Å²) in [6.45, 7) is 5.31. The number of ether oxygens (including phenoxy) is 2. The summed E-state index contributed by atoms with van der Waals surface area (Å²) in [7, 11) is 0. The van der Waals surface area contributed by atoms with E-state index < -0.39 is 28.7 Å². The van der Waals surface area contributed by atoms with Gasteiger partial charge in [0.05, 0.1) is 23.7 Å². The number of allylic oxidation sites excluding steroid dienone is 1. The highest BCUT2D eigenvalue weighted by molar-refractivity contribution is 5.99. The molecule has 0 saturated heterocycles. The largest absolute Gasteiger partial charge is 0.465 e. The molecule has 1 heterocycles. The molecule has 0 amide bonds. The van der Waals surface area contributed by atoms with Gasteiger partial charge in [-0.1, -0.05) is 12.1 Å². The zero-order valence-electron chi connectivity index (χ0n) is 14.8. The number of nitrogens with zero attached hydrogens (tertiary/aromatic N) is 2. The predicted molar refractivity (Wildman–Crippen MR) is 93.8 cm³/mol. The van der Waals surface area contributed by atoms with Crippen molar-refractivity contribution in [3.63, 3.8) is 0 Å². The van der Waals surface area contributed by atoms with Crippen molar-refractivity contribution in [1.82, 2.24) is 0 Å². The Hall–Kier alpha value is -3.03. The lowest BCUT2D eigenvalue weighted by molar-refractivity contribution is -0.384. The second-order valence-electron chi connectivity index (χ2n) is 5.61. The number of nitro groups is 1. The van der Waals surface area contributed by atoms with E-state index in [1.165, 1.54) is 24.4 Å².